The number of Topliss-reactive ketones (excluding diaryl/α,β-unsaturated/α-hetero) is 1. The number of nitrogens with one attached hydrogen (secondary N) is 2. The molecule has 2 N–H and O–H groups in total. The molecule has 5 rings (SSSR count). The van der Waals surface area contributed by atoms with Crippen LogP contribution in [0, 0.1) is 0 Å². The molecule has 0 spiro atoms. The number of fused-ring (bicyclic) bond motifs is 1. The fraction of sp³-hybridized carbons (Fsp3) is 0.250. The molecule has 2 aliphatic rings. The van der Waals surface area contributed by atoms with Crippen LogP contribution < -0.4 is 24.8 Å². The first kappa shape index (κ1) is 23.3. The average molecular weight is 535 g/mol. The highest BCUT2D eigenvalue weighted by molar-refractivity contribution is 9.10. The van der Waals surface area contributed by atoms with Crippen LogP contribution >= 0.6 is 15.9 Å². The van der Waals surface area contributed by atoms with Crippen molar-refractivity contribution >= 4 is 33.1 Å². The third-order valence-electron chi connectivity index (χ3n) is 6.69. The topological polar surface area (TPSA) is 68.8 Å². The van der Waals surface area contributed by atoms with Gasteiger partial charge in [-0.05, 0) is 60.4 Å². The molecule has 1 heterocycles. The van der Waals surface area contributed by atoms with E-state index in [0.717, 1.165) is 44.0 Å². The van der Waals surface area contributed by atoms with E-state index in [1.807, 2.05) is 60.7 Å². The van der Waals surface area contributed by atoms with Crippen molar-refractivity contribution in [2.75, 3.05) is 32.0 Å². The fourth-order valence-corrected chi connectivity index (χ4v) is 5.38. The summed E-state index contributed by atoms with van der Waals surface area (Å²) in [6.45, 7) is 0. The van der Waals surface area contributed by atoms with Gasteiger partial charge < -0.3 is 24.8 Å². The summed E-state index contributed by atoms with van der Waals surface area (Å²) in [4.78, 5) is 13.8. The second-order valence-electron chi connectivity index (χ2n) is 8.67. The monoisotopic (exact) mass is 534 g/mol. The number of rotatable bonds is 5. The number of hydrogen-bond donors (Lipinski definition) is 2. The molecule has 0 aromatic heterocycles. The highest BCUT2D eigenvalue weighted by atomic mass is 79.9. The van der Waals surface area contributed by atoms with Crippen LogP contribution in [0.4, 0.5) is 11.4 Å². The van der Waals surface area contributed by atoms with Gasteiger partial charge in [-0.25, -0.2) is 0 Å². The Labute approximate surface area is 213 Å². The molecular weight excluding hydrogens is 508 g/mol. The maximum Gasteiger partial charge on any atom is 0.163 e. The lowest BCUT2D eigenvalue weighted by molar-refractivity contribution is -0.116. The van der Waals surface area contributed by atoms with Crippen LogP contribution in [0.25, 0.3) is 0 Å². The van der Waals surface area contributed by atoms with Crippen molar-refractivity contribution < 1.29 is 19.0 Å². The molecule has 35 heavy (non-hydrogen) atoms. The highest BCUT2D eigenvalue weighted by Crippen LogP contribution is 2.46. The number of ketones is 1. The summed E-state index contributed by atoms with van der Waals surface area (Å²) in [5.74, 6) is 2.18. The van der Waals surface area contributed by atoms with Crippen molar-refractivity contribution in [3.8, 4) is 17.2 Å². The summed E-state index contributed by atoms with van der Waals surface area (Å²) in [5, 5.41) is 7.20. The Hall–Kier alpha value is -3.45. The van der Waals surface area contributed by atoms with Crippen LogP contribution in [0.5, 0.6) is 17.2 Å². The Morgan fingerprint density at radius 1 is 0.829 bits per heavy atom. The van der Waals surface area contributed by atoms with E-state index in [0.29, 0.717) is 24.3 Å². The molecule has 0 radical (unpaired) electrons. The normalized spacial score (nSPS) is 19.0. The molecule has 0 unspecified atom stereocenters. The Morgan fingerprint density at radius 2 is 1.54 bits per heavy atom. The van der Waals surface area contributed by atoms with Crippen LogP contribution in [0.3, 0.4) is 0 Å². The maximum absolute atomic E-state index is 13.8. The van der Waals surface area contributed by atoms with E-state index in [1.54, 1.807) is 21.3 Å². The second kappa shape index (κ2) is 9.66. The van der Waals surface area contributed by atoms with E-state index in [1.165, 1.54) is 0 Å². The van der Waals surface area contributed by atoms with Gasteiger partial charge in [0.05, 0.1) is 38.7 Å². The van der Waals surface area contributed by atoms with Gasteiger partial charge in [0.1, 0.15) is 5.75 Å². The summed E-state index contributed by atoms with van der Waals surface area (Å²) in [6.07, 6.45) is 1.10. The molecule has 6 nitrogen and oxygen atoms in total. The Morgan fingerprint density at radius 3 is 2.29 bits per heavy atom. The summed E-state index contributed by atoms with van der Waals surface area (Å²) in [5.41, 5.74) is 5.50. The first-order valence-electron chi connectivity index (χ1n) is 11.5. The number of para-hydroxylation sites is 2. The van der Waals surface area contributed by atoms with E-state index < -0.39 is 0 Å². The van der Waals surface area contributed by atoms with E-state index in [2.05, 4.69) is 26.6 Å². The molecule has 0 saturated carbocycles. The summed E-state index contributed by atoms with van der Waals surface area (Å²) >= 11 is 3.59. The van der Waals surface area contributed by atoms with E-state index >= 15 is 0 Å². The SMILES string of the molecule is COc1ccc([C@@H]2CC(=O)C3=C(C2)Nc2ccccc2N[C@@H]3c2cc(Br)ccc2OC)cc1OC. The number of allylic oxidation sites excluding steroid dienone is 1. The van der Waals surface area contributed by atoms with Crippen LogP contribution in [0.2, 0.25) is 0 Å². The number of carbonyl (C=O) groups is 1. The average Bonchev–Trinajstić information content (AvgIpc) is 3.05. The van der Waals surface area contributed by atoms with Crippen LogP contribution in [0.15, 0.2) is 76.4 Å². The Bertz CT molecular complexity index is 1320. The molecule has 180 valence electrons. The van der Waals surface area contributed by atoms with Gasteiger partial charge in [-0.3, -0.25) is 4.79 Å². The minimum absolute atomic E-state index is 0.0175. The van der Waals surface area contributed by atoms with Crippen molar-refractivity contribution in [2.24, 2.45) is 0 Å². The van der Waals surface area contributed by atoms with Gasteiger partial charge in [-0.2, -0.15) is 0 Å². The van der Waals surface area contributed by atoms with Crippen molar-refractivity contribution in [2.45, 2.75) is 24.8 Å². The van der Waals surface area contributed by atoms with Gasteiger partial charge in [-0.15, -0.1) is 0 Å². The van der Waals surface area contributed by atoms with Gasteiger partial charge in [0.2, 0.25) is 0 Å². The molecule has 1 aliphatic carbocycles. The van der Waals surface area contributed by atoms with E-state index in [9.17, 15) is 4.79 Å². The molecule has 7 heteroatoms. The zero-order chi connectivity index (χ0) is 24.5. The second-order valence-corrected chi connectivity index (χ2v) is 9.58. The van der Waals surface area contributed by atoms with Crippen LogP contribution in [0.1, 0.15) is 35.9 Å². The molecule has 0 bridgehead atoms. The highest BCUT2D eigenvalue weighted by Gasteiger charge is 2.37. The lowest BCUT2D eigenvalue weighted by Gasteiger charge is -2.30. The van der Waals surface area contributed by atoms with Gasteiger partial charge >= 0.3 is 0 Å². The molecule has 3 aromatic rings. The van der Waals surface area contributed by atoms with Crippen molar-refractivity contribution in [1.29, 1.82) is 0 Å². The van der Waals surface area contributed by atoms with Crippen LogP contribution in [-0.4, -0.2) is 27.1 Å². The molecule has 0 saturated heterocycles. The van der Waals surface area contributed by atoms with Crippen molar-refractivity contribution in [3.63, 3.8) is 0 Å². The van der Waals surface area contributed by atoms with Gasteiger partial charge in [-0.1, -0.05) is 34.1 Å². The predicted molar refractivity (Wildman–Crippen MR) is 141 cm³/mol. The fourth-order valence-electron chi connectivity index (χ4n) is 5.00. The van der Waals surface area contributed by atoms with Gasteiger partial charge in [0.15, 0.2) is 17.3 Å². The number of benzene rings is 3. The van der Waals surface area contributed by atoms with E-state index in [-0.39, 0.29) is 17.7 Å². The largest absolute Gasteiger partial charge is 0.496 e. The van der Waals surface area contributed by atoms with Crippen molar-refractivity contribution in [1.82, 2.24) is 0 Å². The Kier molecular flexibility index (Phi) is 6.43. The minimum Gasteiger partial charge on any atom is -0.496 e. The first-order chi connectivity index (χ1) is 17.0. The number of anilines is 2. The third-order valence-corrected chi connectivity index (χ3v) is 7.18. The lowest BCUT2D eigenvalue weighted by Crippen LogP contribution is -2.27. The summed E-state index contributed by atoms with van der Waals surface area (Å²) in [7, 11) is 4.90. The molecule has 3 aromatic carbocycles. The van der Waals surface area contributed by atoms with E-state index in [4.69, 9.17) is 14.2 Å². The number of carbonyl (C=O) groups excluding carboxylic acids is 1. The zero-order valence-corrected chi connectivity index (χ0v) is 21.4. The standard InChI is InChI=1S/C28H27BrN2O4/c1-33-24-11-9-18(29)15-19(24)28-27-22(30-20-6-4-5-7-21(20)31-28)12-17(13-23(27)32)16-8-10-25(34-2)26(14-16)35-3/h4-11,14-15,17,28,30-31H,12-13H2,1-3H3/t17-,28+/m0/s1. The zero-order valence-electron chi connectivity index (χ0n) is 19.9. The number of methoxy groups -OCH3 is 3. The van der Waals surface area contributed by atoms with Crippen molar-refractivity contribution in [3.05, 3.63) is 87.5 Å². The van der Waals surface area contributed by atoms with Crippen LogP contribution in [-0.2, 0) is 4.79 Å². The quantitative estimate of drug-likeness (QED) is 0.391. The Balaban J connectivity index is 1.61. The van der Waals surface area contributed by atoms with Gasteiger partial charge in [0.25, 0.3) is 0 Å². The summed E-state index contributed by atoms with van der Waals surface area (Å²) in [6, 6.07) is 19.4. The molecule has 1 aliphatic heterocycles. The lowest BCUT2D eigenvalue weighted by atomic mass is 9.78. The smallest absolute Gasteiger partial charge is 0.163 e. The first-order valence-corrected chi connectivity index (χ1v) is 12.3. The maximum atomic E-state index is 13.8. The number of hydrogen-bond acceptors (Lipinski definition) is 6. The molecular formula is C28H27BrN2O4. The molecule has 0 amide bonds. The summed E-state index contributed by atoms with van der Waals surface area (Å²) < 4.78 is 17.5. The van der Waals surface area contributed by atoms with Gasteiger partial charge in [0, 0.05) is 27.7 Å². The number of ether oxygens (including phenoxy) is 3. The predicted octanol–water partition coefficient (Wildman–Crippen LogP) is 6.45. The molecule has 2 atom stereocenters. The number of halogens is 1. The minimum atomic E-state index is -0.354. The molecule has 0 fully saturated rings. The third kappa shape index (κ3) is 4.36.